The van der Waals surface area contributed by atoms with Crippen LogP contribution in [0.25, 0.3) is 0 Å². The molecule has 37 heavy (non-hydrogen) atoms. The molecule has 4 aliphatic carbocycles. The van der Waals surface area contributed by atoms with Crippen LogP contribution in [0.2, 0.25) is 0 Å². The minimum Gasteiger partial charge on any atom is -0.460 e. The summed E-state index contributed by atoms with van der Waals surface area (Å²) in [4.78, 5) is 25.5. The fraction of sp³-hybridized carbons (Fsp3) is 0.867. The van der Waals surface area contributed by atoms with E-state index in [1.54, 1.807) is 19.9 Å². The predicted molar refractivity (Wildman–Crippen MR) is 139 cm³/mol. The van der Waals surface area contributed by atoms with Crippen LogP contribution < -0.4 is 0 Å². The molecule has 3 fully saturated rings. The van der Waals surface area contributed by atoms with E-state index in [4.69, 9.17) is 4.74 Å². The number of hydrogen-bond donors (Lipinski definition) is 4. The number of carbonyl (C=O) groups is 2. The lowest BCUT2D eigenvalue weighted by molar-refractivity contribution is -0.167. The van der Waals surface area contributed by atoms with Crippen molar-refractivity contribution in [2.75, 3.05) is 0 Å². The summed E-state index contributed by atoms with van der Waals surface area (Å²) in [5.74, 6) is -0.726. The van der Waals surface area contributed by atoms with Crippen LogP contribution in [0.3, 0.4) is 0 Å². The number of aliphatic hydroxyl groups is 4. The zero-order valence-corrected chi connectivity index (χ0v) is 23.5. The Bertz CT molecular complexity index is 935. The lowest BCUT2D eigenvalue weighted by Crippen LogP contribution is -2.59. The first kappa shape index (κ1) is 28.7. The number of fused-ring (bicyclic) bond motifs is 5. The Morgan fingerprint density at radius 2 is 1.78 bits per heavy atom. The molecule has 0 radical (unpaired) electrons. The fourth-order valence-corrected chi connectivity index (χ4v) is 8.59. The molecule has 10 atom stereocenters. The van der Waals surface area contributed by atoms with Crippen molar-refractivity contribution in [3.8, 4) is 0 Å². The molecule has 0 aromatic heterocycles. The van der Waals surface area contributed by atoms with E-state index in [0.29, 0.717) is 32.1 Å². The van der Waals surface area contributed by atoms with Gasteiger partial charge in [0, 0.05) is 11.3 Å². The third kappa shape index (κ3) is 4.83. The molecular weight excluding hydrogens is 472 g/mol. The molecule has 7 nitrogen and oxygen atoms in total. The van der Waals surface area contributed by atoms with Crippen molar-refractivity contribution < 1.29 is 34.8 Å². The van der Waals surface area contributed by atoms with Gasteiger partial charge in [-0.3, -0.25) is 4.79 Å². The van der Waals surface area contributed by atoms with Crippen molar-refractivity contribution in [1.82, 2.24) is 0 Å². The molecule has 0 saturated heterocycles. The largest absolute Gasteiger partial charge is 0.460 e. The molecule has 0 aromatic carbocycles. The summed E-state index contributed by atoms with van der Waals surface area (Å²) in [7, 11) is 0. The molecule has 3 saturated carbocycles. The van der Waals surface area contributed by atoms with Gasteiger partial charge >= 0.3 is 5.97 Å². The smallest absolute Gasteiger partial charge is 0.334 e. The van der Waals surface area contributed by atoms with E-state index >= 15 is 0 Å². The van der Waals surface area contributed by atoms with Gasteiger partial charge in [0.25, 0.3) is 0 Å². The summed E-state index contributed by atoms with van der Waals surface area (Å²) < 4.78 is 5.49. The summed E-state index contributed by atoms with van der Waals surface area (Å²) in [5.41, 5.74) is -1.76. The molecule has 4 aliphatic rings. The van der Waals surface area contributed by atoms with Crippen LogP contribution >= 0.6 is 0 Å². The Labute approximate surface area is 221 Å². The summed E-state index contributed by atoms with van der Waals surface area (Å²) in [6.45, 7) is 11.3. The number of esters is 1. The summed E-state index contributed by atoms with van der Waals surface area (Å²) in [6.07, 6.45) is 5.54. The molecule has 0 spiro atoms. The molecule has 0 unspecified atom stereocenters. The van der Waals surface area contributed by atoms with E-state index in [0.717, 1.165) is 31.3 Å². The monoisotopic (exact) mass is 520 g/mol. The average Bonchev–Trinajstić information content (AvgIpc) is 3.09. The third-order valence-electron chi connectivity index (χ3n) is 11.0. The van der Waals surface area contributed by atoms with Crippen molar-refractivity contribution in [3.63, 3.8) is 0 Å². The Morgan fingerprint density at radius 1 is 1.11 bits per heavy atom. The van der Waals surface area contributed by atoms with E-state index in [-0.39, 0.29) is 41.0 Å². The van der Waals surface area contributed by atoms with Crippen molar-refractivity contribution in [1.29, 1.82) is 0 Å². The second-order valence-corrected chi connectivity index (χ2v) is 13.9. The number of ether oxygens (including phenoxy) is 1. The highest BCUT2D eigenvalue weighted by Crippen LogP contribution is 2.68. The van der Waals surface area contributed by atoms with Gasteiger partial charge in [-0.15, -0.1) is 0 Å². The number of aliphatic hydroxyl groups excluding tert-OH is 2. The molecule has 0 heterocycles. The number of rotatable bonds is 7. The zero-order valence-electron chi connectivity index (χ0n) is 23.5. The molecule has 210 valence electrons. The molecule has 0 aliphatic heterocycles. The van der Waals surface area contributed by atoms with Crippen LogP contribution in [0, 0.1) is 34.5 Å². The minimum atomic E-state index is -1.18. The fourth-order valence-electron chi connectivity index (χ4n) is 8.59. The first-order valence-corrected chi connectivity index (χ1v) is 14.3. The second kappa shape index (κ2) is 9.72. The van der Waals surface area contributed by atoms with Gasteiger partial charge < -0.3 is 25.2 Å². The van der Waals surface area contributed by atoms with Gasteiger partial charge in [0.2, 0.25) is 0 Å². The van der Waals surface area contributed by atoms with E-state index in [1.807, 2.05) is 0 Å². The molecule has 7 heteroatoms. The average molecular weight is 521 g/mol. The van der Waals surface area contributed by atoms with Crippen LogP contribution in [0.4, 0.5) is 0 Å². The Hall–Kier alpha value is -1.28. The van der Waals surface area contributed by atoms with Crippen LogP contribution in [0.15, 0.2) is 11.6 Å². The summed E-state index contributed by atoms with van der Waals surface area (Å²) in [5, 5.41) is 43.0. The van der Waals surface area contributed by atoms with Crippen LogP contribution in [-0.4, -0.2) is 61.7 Å². The van der Waals surface area contributed by atoms with Crippen LogP contribution in [0.1, 0.15) is 99.3 Å². The lowest BCUT2D eigenvalue weighted by Gasteiger charge is -2.60. The maximum Gasteiger partial charge on any atom is 0.334 e. The van der Waals surface area contributed by atoms with Gasteiger partial charge in [-0.25, -0.2) is 4.79 Å². The lowest BCUT2D eigenvalue weighted by atomic mass is 9.46. The van der Waals surface area contributed by atoms with Crippen molar-refractivity contribution in [3.05, 3.63) is 11.6 Å². The first-order chi connectivity index (χ1) is 17.0. The number of ketones is 1. The topological polar surface area (TPSA) is 124 Å². The predicted octanol–water partition coefficient (Wildman–Crippen LogP) is 3.70. The molecule has 0 bridgehead atoms. The summed E-state index contributed by atoms with van der Waals surface area (Å²) in [6, 6.07) is 0. The highest BCUT2D eigenvalue weighted by atomic mass is 16.6. The Kier molecular flexibility index (Phi) is 7.55. The molecule has 0 aromatic rings. The zero-order chi connectivity index (χ0) is 27.6. The Balaban J connectivity index is 1.56. The maximum absolute atomic E-state index is 13.6. The van der Waals surface area contributed by atoms with E-state index in [2.05, 4.69) is 20.8 Å². The van der Waals surface area contributed by atoms with Gasteiger partial charge in [-0.05, 0) is 113 Å². The van der Waals surface area contributed by atoms with Crippen molar-refractivity contribution in [2.24, 2.45) is 34.5 Å². The van der Waals surface area contributed by atoms with E-state index in [1.165, 1.54) is 6.92 Å². The number of allylic oxidation sites excluding steroid dienone is 1. The third-order valence-corrected chi connectivity index (χ3v) is 11.0. The number of hydrogen-bond acceptors (Lipinski definition) is 7. The van der Waals surface area contributed by atoms with Gasteiger partial charge in [0.15, 0.2) is 5.78 Å². The van der Waals surface area contributed by atoms with Gasteiger partial charge in [-0.2, -0.15) is 0 Å². The highest BCUT2D eigenvalue weighted by Gasteiger charge is 2.66. The first-order valence-electron chi connectivity index (χ1n) is 14.3. The summed E-state index contributed by atoms with van der Waals surface area (Å²) >= 11 is 0. The van der Waals surface area contributed by atoms with E-state index in [9.17, 15) is 30.0 Å². The maximum atomic E-state index is 13.6. The normalized spacial score (nSPS) is 42.1. The highest BCUT2D eigenvalue weighted by molar-refractivity contribution is 5.95. The number of carbonyl (C=O) groups excluding carboxylic acids is 2. The van der Waals surface area contributed by atoms with Crippen molar-refractivity contribution in [2.45, 2.75) is 129 Å². The van der Waals surface area contributed by atoms with Crippen LogP contribution in [0.5, 0.6) is 0 Å². The van der Waals surface area contributed by atoms with Crippen LogP contribution in [-0.2, 0) is 14.3 Å². The quantitative estimate of drug-likeness (QED) is 0.377. The van der Waals surface area contributed by atoms with Gasteiger partial charge in [-0.1, -0.05) is 20.8 Å². The minimum absolute atomic E-state index is 0.00549. The molecule has 4 rings (SSSR count). The second-order valence-electron chi connectivity index (χ2n) is 13.9. The van der Waals surface area contributed by atoms with Gasteiger partial charge in [0.1, 0.15) is 12.2 Å². The standard InChI is InChI=1S/C30H48O7/c1-17(24(32)10-11-27(3,4)35)20-9-14-30(36)22-16-25(33)23-15-19(37-26(34)18(2)31)7-12-28(23,5)21(22)8-13-29(20,30)6/h16-21,23-24,31-32,35-36H,7-15H2,1-6H3/t17-,18+,19-,20+,21-,23-,24+,28+,29+,30+/m0/s1. The molecular formula is C30H48O7. The van der Waals surface area contributed by atoms with Gasteiger partial charge in [0.05, 0.1) is 17.3 Å². The van der Waals surface area contributed by atoms with Crippen molar-refractivity contribution >= 4 is 11.8 Å². The Morgan fingerprint density at radius 3 is 2.41 bits per heavy atom. The molecule has 0 amide bonds. The SMILES string of the molecule is C[C@H]([C@H](O)CCC(C)(C)O)[C@H]1CC[C@@]2(O)C3=CC(=O)[C@@H]4C[C@@H](OC(=O)[C@@H](C)O)CC[C@]4(C)[C@H]3CC[C@]12C. The molecule has 4 N–H and O–H groups in total. The van der Waals surface area contributed by atoms with E-state index < -0.39 is 34.8 Å².